The van der Waals surface area contributed by atoms with E-state index in [0.29, 0.717) is 12.1 Å². The van der Waals surface area contributed by atoms with Crippen molar-refractivity contribution in [2.45, 2.75) is 62.4 Å². The molecule has 31 heavy (non-hydrogen) atoms. The van der Waals surface area contributed by atoms with E-state index in [-0.39, 0.29) is 12.5 Å². The van der Waals surface area contributed by atoms with Crippen LogP contribution in [0.3, 0.4) is 0 Å². The Hall–Kier alpha value is -1.73. The van der Waals surface area contributed by atoms with Crippen LogP contribution in [0.4, 0.5) is 0 Å². The standard InChI is InChI=1S/C24H39N5OS/c1-28(2)23(30)17-25-24(27-21-10-7-11-22(16-21)31-3)26-20-12-14-29(15-13-20)18-19-8-5-4-6-9-19/h4-6,8-9,20-22H,7,10-18H2,1-3H3,(H2,25,26,27). The average molecular weight is 446 g/mol. The number of hydrogen-bond donors (Lipinski definition) is 2. The van der Waals surface area contributed by atoms with Crippen LogP contribution in [0.25, 0.3) is 0 Å². The molecule has 3 rings (SSSR count). The number of thioether (sulfide) groups is 1. The van der Waals surface area contributed by atoms with Gasteiger partial charge in [0.05, 0.1) is 0 Å². The maximum Gasteiger partial charge on any atom is 0.243 e. The molecule has 172 valence electrons. The SMILES string of the molecule is CSC1CCCC(NC(=NCC(=O)N(C)C)NC2CCN(Cc3ccccc3)CC2)C1. The third kappa shape index (κ3) is 8.04. The van der Waals surface area contributed by atoms with E-state index in [1.165, 1.54) is 31.2 Å². The van der Waals surface area contributed by atoms with Crippen LogP contribution < -0.4 is 10.6 Å². The lowest BCUT2D eigenvalue weighted by Gasteiger charge is -2.35. The molecule has 2 fully saturated rings. The van der Waals surface area contributed by atoms with Gasteiger partial charge in [-0.25, -0.2) is 4.99 Å². The Morgan fingerprint density at radius 3 is 2.48 bits per heavy atom. The normalized spacial score (nSPS) is 23.4. The van der Waals surface area contributed by atoms with Crippen molar-refractivity contribution in [1.82, 2.24) is 20.4 Å². The molecule has 1 aromatic carbocycles. The number of piperidine rings is 1. The van der Waals surface area contributed by atoms with Gasteiger partial charge in [-0.2, -0.15) is 11.8 Å². The molecule has 6 nitrogen and oxygen atoms in total. The fourth-order valence-corrected chi connectivity index (χ4v) is 5.20. The Balaban J connectivity index is 1.54. The first-order valence-corrected chi connectivity index (χ1v) is 12.9. The zero-order valence-electron chi connectivity index (χ0n) is 19.3. The van der Waals surface area contributed by atoms with Gasteiger partial charge in [0.1, 0.15) is 6.54 Å². The summed E-state index contributed by atoms with van der Waals surface area (Å²) in [6.45, 7) is 3.36. The summed E-state index contributed by atoms with van der Waals surface area (Å²) in [4.78, 5) is 20.9. The highest BCUT2D eigenvalue weighted by molar-refractivity contribution is 7.99. The van der Waals surface area contributed by atoms with E-state index in [1.807, 2.05) is 11.8 Å². The minimum Gasteiger partial charge on any atom is -0.354 e. The number of carbonyl (C=O) groups is 1. The average Bonchev–Trinajstić information content (AvgIpc) is 2.79. The lowest BCUT2D eigenvalue weighted by molar-refractivity contribution is -0.127. The minimum absolute atomic E-state index is 0.0319. The van der Waals surface area contributed by atoms with Gasteiger partial charge < -0.3 is 15.5 Å². The summed E-state index contributed by atoms with van der Waals surface area (Å²) in [5.41, 5.74) is 1.38. The van der Waals surface area contributed by atoms with Gasteiger partial charge in [-0.3, -0.25) is 9.69 Å². The summed E-state index contributed by atoms with van der Waals surface area (Å²) < 4.78 is 0. The number of aliphatic imine (C=N–C) groups is 1. The first kappa shape index (κ1) is 23.9. The van der Waals surface area contributed by atoms with Gasteiger partial charge in [0.2, 0.25) is 5.91 Å². The first-order valence-electron chi connectivity index (χ1n) is 11.6. The number of likely N-dealkylation sites (N-methyl/N-ethyl adjacent to an activating group) is 1. The second-order valence-corrected chi connectivity index (χ2v) is 10.1. The molecule has 0 bridgehead atoms. The van der Waals surface area contributed by atoms with E-state index in [9.17, 15) is 4.79 Å². The molecule has 1 heterocycles. The molecule has 1 aliphatic heterocycles. The number of carbonyl (C=O) groups excluding carboxylic acids is 1. The molecule has 2 N–H and O–H groups in total. The Labute approximate surface area is 192 Å². The van der Waals surface area contributed by atoms with Crippen molar-refractivity contribution in [1.29, 1.82) is 0 Å². The Kier molecular flexibility index (Phi) is 9.53. The minimum atomic E-state index is 0.0319. The zero-order valence-corrected chi connectivity index (χ0v) is 20.2. The highest BCUT2D eigenvalue weighted by Gasteiger charge is 2.24. The van der Waals surface area contributed by atoms with Crippen molar-refractivity contribution in [3.05, 3.63) is 35.9 Å². The van der Waals surface area contributed by atoms with Crippen LogP contribution in [0, 0.1) is 0 Å². The van der Waals surface area contributed by atoms with Crippen molar-refractivity contribution < 1.29 is 4.79 Å². The number of nitrogens with zero attached hydrogens (tertiary/aromatic N) is 3. The van der Waals surface area contributed by atoms with E-state index in [1.54, 1.807) is 19.0 Å². The Morgan fingerprint density at radius 1 is 1.10 bits per heavy atom. The summed E-state index contributed by atoms with van der Waals surface area (Å²) in [5.74, 6) is 0.841. The number of hydrogen-bond acceptors (Lipinski definition) is 4. The molecule has 2 atom stereocenters. The van der Waals surface area contributed by atoms with Crippen molar-refractivity contribution in [2.24, 2.45) is 4.99 Å². The number of guanidine groups is 1. The van der Waals surface area contributed by atoms with Gasteiger partial charge in [-0.05, 0) is 43.9 Å². The molecule has 1 amide bonds. The maximum absolute atomic E-state index is 12.1. The van der Waals surface area contributed by atoms with Crippen molar-refractivity contribution in [2.75, 3.05) is 40.0 Å². The second kappa shape index (κ2) is 12.3. The first-order chi connectivity index (χ1) is 15.0. The molecular formula is C24H39N5OS. The number of benzene rings is 1. The fourth-order valence-electron chi connectivity index (χ4n) is 4.37. The summed E-state index contributed by atoms with van der Waals surface area (Å²) in [6, 6.07) is 11.5. The Bertz CT molecular complexity index is 703. The second-order valence-electron chi connectivity index (χ2n) is 9.00. The van der Waals surface area contributed by atoms with Gasteiger partial charge >= 0.3 is 0 Å². The molecular weight excluding hydrogens is 406 g/mol. The quantitative estimate of drug-likeness (QED) is 0.499. The van der Waals surface area contributed by atoms with Gasteiger partial charge in [-0.1, -0.05) is 36.8 Å². The summed E-state index contributed by atoms with van der Waals surface area (Å²) in [7, 11) is 3.57. The molecule has 1 aliphatic carbocycles. The number of rotatable bonds is 7. The number of amides is 1. The van der Waals surface area contributed by atoms with Crippen molar-refractivity contribution >= 4 is 23.6 Å². The summed E-state index contributed by atoms with van der Waals surface area (Å²) in [5, 5.41) is 8.02. The molecule has 1 saturated heterocycles. The topological polar surface area (TPSA) is 60.0 Å². The fraction of sp³-hybridized carbons (Fsp3) is 0.667. The smallest absolute Gasteiger partial charge is 0.243 e. The Morgan fingerprint density at radius 2 is 1.81 bits per heavy atom. The van der Waals surface area contributed by atoms with Crippen LogP contribution >= 0.6 is 11.8 Å². The number of nitrogens with one attached hydrogen (secondary N) is 2. The van der Waals surface area contributed by atoms with Crippen LogP contribution in [0.1, 0.15) is 44.1 Å². The number of likely N-dealkylation sites (tertiary alicyclic amines) is 1. The summed E-state index contributed by atoms with van der Waals surface area (Å²) in [6.07, 6.45) is 9.29. The van der Waals surface area contributed by atoms with Gasteiger partial charge in [0.25, 0.3) is 0 Å². The third-order valence-electron chi connectivity index (χ3n) is 6.35. The van der Waals surface area contributed by atoms with E-state index >= 15 is 0 Å². The predicted octanol–water partition coefficient (Wildman–Crippen LogP) is 2.95. The van der Waals surface area contributed by atoms with Gasteiger partial charge in [0, 0.05) is 51.1 Å². The molecule has 7 heteroatoms. The highest BCUT2D eigenvalue weighted by Crippen LogP contribution is 2.27. The van der Waals surface area contributed by atoms with Gasteiger partial charge in [-0.15, -0.1) is 0 Å². The van der Waals surface area contributed by atoms with Crippen molar-refractivity contribution in [3.8, 4) is 0 Å². The predicted molar refractivity (Wildman–Crippen MR) is 132 cm³/mol. The lowest BCUT2D eigenvalue weighted by Crippen LogP contribution is -2.52. The summed E-state index contributed by atoms with van der Waals surface area (Å²) >= 11 is 1.97. The maximum atomic E-state index is 12.1. The van der Waals surface area contributed by atoms with Crippen LogP contribution in [0.15, 0.2) is 35.3 Å². The van der Waals surface area contributed by atoms with Crippen LogP contribution in [-0.2, 0) is 11.3 Å². The van der Waals surface area contributed by atoms with Crippen LogP contribution in [0.2, 0.25) is 0 Å². The molecule has 1 saturated carbocycles. The van der Waals surface area contributed by atoms with E-state index in [0.717, 1.165) is 43.7 Å². The lowest BCUT2D eigenvalue weighted by atomic mass is 9.95. The van der Waals surface area contributed by atoms with E-state index in [4.69, 9.17) is 0 Å². The van der Waals surface area contributed by atoms with E-state index in [2.05, 4.69) is 57.1 Å². The molecule has 0 radical (unpaired) electrons. The third-order valence-corrected chi connectivity index (χ3v) is 7.44. The van der Waals surface area contributed by atoms with Crippen molar-refractivity contribution in [3.63, 3.8) is 0 Å². The molecule has 2 aliphatic rings. The molecule has 0 aromatic heterocycles. The zero-order chi connectivity index (χ0) is 22.1. The molecule has 1 aromatic rings. The van der Waals surface area contributed by atoms with Crippen LogP contribution in [0.5, 0.6) is 0 Å². The molecule has 0 spiro atoms. The monoisotopic (exact) mass is 445 g/mol. The van der Waals surface area contributed by atoms with E-state index < -0.39 is 0 Å². The van der Waals surface area contributed by atoms with Crippen LogP contribution in [-0.4, -0.2) is 79.0 Å². The largest absolute Gasteiger partial charge is 0.354 e. The highest BCUT2D eigenvalue weighted by atomic mass is 32.2. The van der Waals surface area contributed by atoms with Gasteiger partial charge in [0.15, 0.2) is 5.96 Å². The molecule has 2 unspecified atom stereocenters.